The number of hydrogen-bond acceptors (Lipinski definition) is 6. The summed E-state index contributed by atoms with van der Waals surface area (Å²) in [5, 5.41) is 36.7. The molecular formula is C34H33N3O6. The van der Waals surface area contributed by atoms with Crippen molar-refractivity contribution < 1.29 is 24.9 Å². The molecule has 4 aromatic carbocycles. The van der Waals surface area contributed by atoms with Crippen molar-refractivity contribution in [3.05, 3.63) is 141 Å². The molecule has 2 unspecified atom stereocenters. The molecule has 9 nitrogen and oxygen atoms in total. The normalized spacial score (nSPS) is 12.5. The van der Waals surface area contributed by atoms with E-state index in [1.54, 1.807) is 12.1 Å². The fraction of sp³-hybridized carbons (Fsp3) is 0.176. The summed E-state index contributed by atoms with van der Waals surface area (Å²) in [6.07, 6.45) is -1.19. The molecule has 0 saturated carbocycles. The Kier molecular flexibility index (Phi) is 9.36. The number of ether oxygens (including phenoxy) is 1. The van der Waals surface area contributed by atoms with Crippen molar-refractivity contribution in [2.75, 3.05) is 13.1 Å². The number of fused-ring (bicyclic) bond motifs is 1. The monoisotopic (exact) mass is 579 g/mol. The maximum absolute atomic E-state index is 11.6. The molecule has 0 spiro atoms. The molecule has 5 rings (SSSR count). The number of benzene rings is 4. The van der Waals surface area contributed by atoms with Crippen molar-refractivity contribution in [1.29, 1.82) is 0 Å². The number of aromatic amines is 1. The van der Waals surface area contributed by atoms with Gasteiger partial charge in [0.1, 0.15) is 18.1 Å². The van der Waals surface area contributed by atoms with Crippen molar-refractivity contribution in [3.63, 3.8) is 0 Å². The molecule has 0 aliphatic carbocycles. The van der Waals surface area contributed by atoms with Gasteiger partial charge in [0.25, 0.3) is 0 Å². The average Bonchev–Trinajstić information content (AvgIpc) is 3.02. The second-order valence-corrected chi connectivity index (χ2v) is 10.2. The summed E-state index contributed by atoms with van der Waals surface area (Å²) in [5.74, 6) is 0.595. The van der Waals surface area contributed by atoms with Gasteiger partial charge in [-0.2, -0.15) is 0 Å². The number of nitrogens with one attached hydrogen (secondary N) is 3. The molecule has 1 heterocycles. The highest BCUT2D eigenvalue weighted by Crippen LogP contribution is 2.29. The zero-order valence-corrected chi connectivity index (χ0v) is 23.4. The predicted molar refractivity (Wildman–Crippen MR) is 164 cm³/mol. The van der Waals surface area contributed by atoms with Crippen LogP contribution in [0, 0.1) is 0 Å². The van der Waals surface area contributed by atoms with E-state index < -0.39 is 18.2 Å². The number of carboxylic acid groups (broad SMARTS) is 1. The van der Waals surface area contributed by atoms with Crippen LogP contribution in [0.5, 0.6) is 11.5 Å². The highest BCUT2D eigenvalue weighted by molar-refractivity contribution is 5.87. The summed E-state index contributed by atoms with van der Waals surface area (Å²) in [6.45, 7) is 1.29. The molecular weight excluding hydrogens is 546 g/mol. The fourth-order valence-corrected chi connectivity index (χ4v) is 5.08. The third-order valence-electron chi connectivity index (χ3n) is 7.18. The van der Waals surface area contributed by atoms with Crippen LogP contribution in [0.1, 0.15) is 40.0 Å². The van der Waals surface area contributed by atoms with E-state index in [1.807, 2.05) is 72.8 Å². The number of phenols is 1. The van der Waals surface area contributed by atoms with Crippen LogP contribution in [0.4, 0.5) is 4.79 Å². The van der Waals surface area contributed by atoms with E-state index >= 15 is 0 Å². The summed E-state index contributed by atoms with van der Waals surface area (Å²) < 4.78 is 6.07. The molecule has 43 heavy (non-hydrogen) atoms. The first-order valence-electron chi connectivity index (χ1n) is 14.0. The second-order valence-electron chi connectivity index (χ2n) is 10.2. The average molecular weight is 580 g/mol. The zero-order valence-electron chi connectivity index (χ0n) is 23.4. The van der Waals surface area contributed by atoms with E-state index in [-0.39, 0.29) is 11.3 Å². The smallest absolute Gasteiger partial charge is 0.405 e. The van der Waals surface area contributed by atoms with Gasteiger partial charge in [-0.05, 0) is 65.0 Å². The summed E-state index contributed by atoms with van der Waals surface area (Å²) in [6, 6.07) is 30.5. The molecule has 0 fully saturated rings. The number of H-pyrrole nitrogens is 1. The molecule has 0 aliphatic heterocycles. The van der Waals surface area contributed by atoms with Crippen LogP contribution >= 0.6 is 0 Å². The second kappa shape index (κ2) is 13.7. The van der Waals surface area contributed by atoms with E-state index in [1.165, 1.54) is 12.1 Å². The summed E-state index contributed by atoms with van der Waals surface area (Å²) >= 11 is 0. The molecule has 1 aromatic heterocycles. The van der Waals surface area contributed by atoms with E-state index in [4.69, 9.17) is 4.74 Å². The lowest BCUT2D eigenvalue weighted by molar-refractivity contribution is 0.176. The highest BCUT2D eigenvalue weighted by atomic mass is 16.5. The van der Waals surface area contributed by atoms with Gasteiger partial charge in [0.15, 0.2) is 0 Å². The van der Waals surface area contributed by atoms with Crippen LogP contribution in [-0.4, -0.2) is 39.5 Å². The minimum atomic E-state index is -1.10. The van der Waals surface area contributed by atoms with Gasteiger partial charge >= 0.3 is 6.09 Å². The molecule has 2 atom stereocenters. The number of phenolic OH excluding ortho intramolecular Hbond substituents is 1. The van der Waals surface area contributed by atoms with Gasteiger partial charge in [-0.25, -0.2) is 4.79 Å². The first-order chi connectivity index (χ1) is 20.9. The van der Waals surface area contributed by atoms with E-state index in [9.17, 15) is 24.9 Å². The van der Waals surface area contributed by atoms with Gasteiger partial charge in [-0.1, -0.05) is 72.8 Å². The number of carbonyl (C=O) groups is 1. The Bertz CT molecular complexity index is 1750. The summed E-state index contributed by atoms with van der Waals surface area (Å²) in [7, 11) is 0. The first-order valence-corrected chi connectivity index (χ1v) is 14.0. The molecule has 0 aliphatic rings. The Morgan fingerprint density at radius 2 is 1.63 bits per heavy atom. The molecule has 5 aromatic rings. The van der Waals surface area contributed by atoms with Crippen molar-refractivity contribution in [3.8, 4) is 11.5 Å². The lowest BCUT2D eigenvalue weighted by atomic mass is 9.98. The van der Waals surface area contributed by atoms with Crippen molar-refractivity contribution in [1.82, 2.24) is 15.6 Å². The number of pyridine rings is 1. The number of aromatic hydroxyl groups is 1. The Labute approximate surface area is 248 Å². The van der Waals surface area contributed by atoms with Gasteiger partial charge in [0, 0.05) is 18.0 Å². The Balaban J connectivity index is 1.16. The maximum Gasteiger partial charge on any atom is 0.405 e. The molecule has 220 valence electrons. The number of aliphatic hydroxyl groups is 1. The van der Waals surface area contributed by atoms with Gasteiger partial charge in [0.2, 0.25) is 5.56 Å². The number of amides is 1. The van der Waals surface area contributed by atoms with Crippen molar-refractivity contribution in [2.24, 2.45) is 0 Å². The lowest BCUT2D eigenvalue weighted by Gasteiger charge is -2.19. The van der Waals surface area contributed by atoms with Crippen molar-refractivity contribution >= 4 is 17.0 Å². The third-order valence-corrected chi connectivity index (χ3v) is 7.18. The minimum absolute atomic E-state index is 0.0419. The third kappa shape index (κ3) is 7.59. The number of aliphatic hydroxyl groups excluding tert-OH is 1. The van der Waals surface area contributed by atoms with Crippen molar-refractivity contribution in [2.45, 2.75) is 25.2 Å². The van der Waals surface area contributed by atoms with Gasteiger partial charge < -0.3 is 35.7 Å². The standard InChI is InChI=1S/C34H33N3O6/c38-29-14-12-27(28-13-15-31(40)36-33(28)29)30(39)20-35-17-16-22-6-4-7-23(18-22)21-43-26-11-5-10-25(19-26)32(37-34(41)42)24-8-2-1-3-9-24/h1-15,18-19,30,32,35,37-39H,16-17,20-21H2,(H,36,40)(H,41,42). The molecule has 9 heteroatoms. The van der Waals surface area contributed by atoms with Gasteiger partial charge in [-0.3, -0.25) is 4.79 Å². The van der Waals surface area contributed by atoms with Crippen LogP contribution in [0.3, 0.4) is 0 Å². The zero-order chi connectivity index (χ0) is 30.2. The predicted octanol–water partition coefficient (Wildman–Crippen LogP) is 5.04. The van der Waals surface area contributed by atoms with Crippen LogP contribution in [0.2, 0.25) is 0 Å². The van der Waals surface area contributed by atoms with E-state index in [0.29, 0.717) is 41.9 Å². The topological polar surface area (TPSA) is 144 Å². The maximum atomic E-state index is 11.6. The van der Waals surface area contributed by atoms with Gasteiger partial charge in [-0.15, -0.1) is 0 Å². The number of hydrogen-bond donors (Lipinski definition) is 6. The SMILES string of the molecule is O=C(O)NC(c1ccccc1)c1cccc(OCc2cccc(CCNCC(O)c3ccc(O)c4[nH]c(=O)ccc34)c2)c1. The summed E-state index contributed by atoms with van der Waals surface area (Å²) in [4.78, 5) is 25.7. The number of rotatable bonds is 12. The van der Waals surface area contributed by atoms with Crippen LogP contribution in [0.25, 0.3) is 10.9 Å². The van der Waals surface area contributed by atoms with Crippen LogP contribution < -0.4 is 20.9 Å². The summed E-state index contributed by atoms with van der Waals surface area (Å²) in [5.41, 5.74) is 4.33. The van der Waals surface area contributed by atoms with E-state index in [0.717, 1.165) is 28.7 Å². The van der Waals surface area contributed by atoms with E-state index in [2.05, 4.69) is 21.7 Å². The lowest BCUT2D eigenvalue weighted by Crippen LogP contribution is -2.27. The fourth-order valence-electron chi connectivity index (χ4n) is 5.08. The van der Waals surface area contributed by atoms with Gasteiger partial charge in [0.05, 0.1) is 17.7 Å². The molecule has 0 radical (unpaired) electrons. The highest BCUT2D eigenvalue weighted by Gasteiger charge is 2.17. The molecule has 6 N–H and O–H groups in total. The Morgan fingerprint density at radius 1 is 0.860 bits per heavy atom. The molecule has 1 amide bonds. The molecule has 0 saturated heterocycles. The first kappa shape index (κ1) is 29.4. The minimum Gasteiger partial charge on any atom is -0.506 e. The number of aromatic nitrogens is 1. The molecule has 0 bridgehead atoms. The largest absolute Gasteiger partial charge is 0.506 e. The van der Waals surface area contributed by atoms with Crippen LogP contribution in [0.15, 0.2) is 108 Å². The Morgan fingerprint density at radius 3 is 2.44 bits per heavy atom. The van der Waals surface area contributed by atoms with Crippen LogP contribution in [-0.2, 0) is 13.0 Å². The Hall–Kier alpha value is -5.12. The quantitative estimate of drug-likeness (QED) is 0.114.